The third-order valence-corrected chi connectivity index (χ3v) is 12.4. The zero-order valence-corrected chi connectivity index (χ0v) is 20.1. The van der Waals surface area contributed by atoms with Crippen LogP contribution in [0.4, 0.5) is 0 Å². The van der Waals surface area contributed by atoms with Gasteiger partial charge < -0.3 is 14.0 Å². The molecular formula is C12H15Cl5N3O3P3. The largest absolute Gasteiger partial charge is 0.442 e. The molecule has 2 aliphatic heterocycles. The Labute approximate surface area is 181 Å². The monoisotopic (exact) mass is 517 g/mol. The van der Waals surface area contributed by atoms with Crippen LogP contribution in [0.25, 0.3) is 0 Å². The molecule has 14 heteroatoms. The second kappa shape index (κ2) is 9.14. The fraction of sp³-hybridized carbons (Fsp3) is 0.500. The molecule has 4 unspecified atom stereocenters. The Morgan fingerprint density at radius 1 is 1.35 bits per heavy atom. The van der Waals surface area contributed by atoms with Crippen LogP contribution in [0.3, 0.4) is 0 Å². The van der Waals surface area contributed by atoms with Crippen molar-refractivity contribution in [2.45, 2.75) is 32.2 Å². The third-order valence-electron chi connectivity index (χ3n) is 3.50. The first kappa shape index (κ1) is 22.2. The molecule has 0 bridgehead atoms. The number of rotatable bonds is 4. The molecule has 0 amide bonds. The van der Waals surface area contributed by atoms with Crippen LogP contribution in [0.15, 0.2) is 12.1 Å². The summed E-state index contributed by atoms with van der Waals surface area (Å²) < 4.78 is 20.0. The molecular weight excluding hydrogens is 504 g/mol. The molecule has 2 aliphatic rings. The molecule has 2 heterocycles. The van der Waals surface area contributed by atoms with E-state index in [4.69, 9.17) is 72.0 Å². The van der Waals surface area contributed by atoms with Gasteiger partial charge >= 0.3 is 0 Å². The van der Waals surface area contributed by atoms with Crippen molar-refractivity contribution < 1.29 is 14.0 Å². The molecule has 0 spiro atoms. The molecule has 6 nitrogen and oxygen atoms in total. The summed E-state index contributed by atoms with van der Waals surface area (Å²) in [6, 6.07) is 3.61. The lowest BCUT2D eigenvalue weighted by Gasteiger charge is -2.35. The molecule has 2 saturated heterocycles. The van der Waals surface area contributed by atoms with Gasteiger partial charge in [-0.05, 0) is 49.0 Å². The Hall–Kier alpha value is 1.56. The van der Waals surface area contributed by atoms with Crippen LogP contribution >= 0.6 is 82.9 Å². The van der Waals surface area contributed by atoms with Crippen molar-refractivity contribution in [3.8, 4) is 5.75 Å². The predicted molar refractivity (Wildman–Crippen MR) is 112 cm³/mol. The molecule has 1 N–H and O–H groups in total. The van der Waals surface area contributed by atoms with Crippen molar-refractivity contribution in [3.05, 3.63) is 27.7 Å². The Balaban J connectivity index is 1.69. The Morgan fingerprint density at radius 2 is 2.08 bits per heavy atom. The number of ether oxygens (including phenoxy) is 2. The highest BCUT2D eigenvalue weighted by Gasteiger charge is 2.37. The Morgan fingerprint density at radius 3 is 2.73 bits per heavy atom. The zero-order valence-electron chi connectivity index (χ0n) is 13.5. The summed E-state index contributed by atoms with van der Waals surface area (Å²) in [4.78, 5) is 3.08. The highest BCUT2D eigenvalue weighted by atomic mass is 35.7. The van der Waals surface area contributed by atoms with E-state index in [-0.39, 0.29) is 15.0 Å². The van der Waals surface area contributed by atoms with Crippen molar-refractivity contribution in [2.75, 3.05) is 6.61 Å². The van der Waals surface area contributed by atoms with Gasteiger partial charge in [0.15, 0.2) is 13.4 Å². The van der Waals surface area contributed by atoms with E-state index in [0.717, 1.165) is 5.56 Å². The maximum absolute atomic E-state index is 6.44. The van der Waals surface area contributed by atoms with Crippen LogP contribution in [-0.4, -0.2) is 26.4 Å². The number of nitrogens with one attached hydrogen (secondary N) is 1. The van der Waals surface area contributed by atoms with E-state index < -0.39 is 21.8 Å². The first-order valence-corrected chi connectivity index (χ1v) is 13.1. The van der Waals surface area contributed by atoms with Crippen LogP contribution in [0.1, 0.15) is 19.4 Å². The Bertz CT molecular complexity index is 676. The number of halogens is 5. The molecule has 1 aromatic carbocycles. The summed E-state index contributed by atoms with van der Waals surface area (Å²) in [6.45, 7) is 4.26. The maximum Gasteiger partial charge on any atom is 0.271 e. The number of benzene rings is 1. The lowest BCUT2D eigenvalue weighted by molar-refractivity contribution is -0.138. The fourth-order valence-electron chi connectivity index (χ4n) is 2.36. The van der Waals surface area contributed by atoms with Gasteiger partial charge in [0.2, 0.25) is 0 Å². The molecule has 0 radical (unpaired) electrons. The second-order valence-corrected chi connectivity index (χ2v) is 13.8. The van der Waals surface area contributed by atoms with Crippen molar-refractivity contribution in [2.24, 2.45) is 0 Å². The van der Waals surface area contributed by atoms with E-state index in [9.17, 15) is 0 Å². The van der Waals surface area contributed by atoms with Crippen molar-refractivity contribution >= 4 is 82.9 Å². The van der Waals surface area contributed by atoms with Gasteiger partial charge in [0.1, 0.15) is 10.8 Å². The normalized spacial score (nSPS) is 30.8. The highest BCUT2D eigenvalue weighted by Crippen LogP contribution is 2.70. The highest BCUT2D eigenvalue weighted by molar-refractivity contribution is 7.93. The summed E-state index contributed by atoms with van der Waals surface area (Å²) in [5.74, 6) is -0.165. The van der Waals surface area contributed by atoms with Crippen molar-refractivity contribution in [3.63, 3.8) is 0 Å². The minimum atomic E-state index is -1.40. The summed E-state index contributed by atoms with van der Waals surface area (Å²) in [6.07, 6.45) is 0.510. The average Bonchev–Trinajstić information content (AvgIpc) is 2.93. The predicted octanol–water partition coefficient (Wildman–Crippen LogP) is 6.78. The van der Waals surface area contributed by atoms with Crippen LogP contribution in [-0.2, 0) is 15.9 Å². The van der Waals surface area contributed by atoms with E-state index in [1.807, 2.05) is 19.9 Å². The van der Waals surface area contributed by atoms with Crippen LogP contribution in [0.5, 0.6) is 5.75 Å². The van der Waals surface area contributed by atoms with E-state index >= 15 is 0 Å². The summed E-state index contributed by atoms with van der Waals surface area (Å²) >= 11 is 31.1. The van der Waals surface area contributed by atoms with Gasteiger partial charge in [-0.2, -0.15) is 0 Å². The summed E-state index contributed by atoms with van der Waals surface area (Å²) in [7, 11) is -2.69. The van der Waals surface area contributed by atoms with Gasteiger partial charge in [-0.15, -0.1) is 3.96 Å². The average molecular weight is 519 g/mol. The van der Waals surface area contributed by atoms with E-state index in [1.165, 1.54) is 7.92 Å². The van der Waals surface area contributed by atoms with E-state index in [2.05, 4.69) is 4.86 Å². The van der Waals surface area contributed by atoms with Gasteiger partial charge in [-0.3, -0.25) is 0 Å². The van der Waals surface area contributed by atoms with Gasteiger partial charge in [-0.25, -0.2) is 4.86 Å². The quantitative estimate of drug-likeness (QED) is 0.350. The van der Waals surface area contributed by atoms with Crippen LogP contribution < -0.4 is 9.38 Å². The number of hydrogen-bond donors (Lipinski definition) is 1. The summed E-state index contributed by atoms with van der Waals surface area (Å²) in [5, 5.41) is 0.729. The van der Waals surface area contributed by atoms with Crippen LogP contribution in [0.2, 0.25) is 10.0 Å². The van der Waals surface area contributed by atoms with E-state index in [1.54, 1.807) is 6.07 Å². The summed E-state index contributed by atoms with van der Waals surface area (Å²) in [5.41, 5.74) is 0.857. The molecule has 0 aromatic heterocycles. The molecule has 2 fully saturated rings. The number of nitrogens with zero attached hydrogens (tertiary/aromatic N) is 2. The maximum atomic E-state index is 6.44. The zero-order chi connectivity index (χ0) is 19.1. The minimum absolute atomic E-state index is 0.0798. The molecule has 1 aromatic rings. The lowest BCUT2D eigenvalue weighted by Crippen LogP contribution is -2.22. The van der Waals surface area contributed by atoms with Crippen molar-refractivity contribution in [1.82, 2.24) is 12.8 Å². The Kier molecular flexibility index (Phi) is 7.83. The first-order valence-electron chi connectivity index (χ1n) is 7.33. The van der Waals surface area contributed by atoms with Gasteiger partial charge in [-0.1, -0.05) is 44.5 Å². The van der Waals surface area contributed by atoms with Crippen LogP contribution in [0, 0.1) is 0 Å². The molecule has 0 aliphatic carbocycles. The van der Waals surface area contributed by atoms with E-state index in [0.29, 0.717) is 28.8 Å². The second-order valence-electron chi connectivity index (χ2n) is 5.83. The molecule has 146 valence electrons. The smallest absolute Gasteiger partial charge is 0.271 e. The van der Waals surface area contributed by atoms with Gasteiger partial charge in [0.05, 0.1) is 26.6 Å². The molecule has 4 atom stereocenters. The van der Waals surface area contributed by atoms with Crippen molar-refractivity contribution in [1.29, 1.82) is 0 Å². The SMILES string of the molecule is CC1(C)OCC(Cc2ccc(OP3NPN(Cl)P(Cl)N3Cl)c(Cl)c2Cl)O1. The minimum Gasteiger partial charge on any atom is -0.442 e. The molecule has 26 heavy (non-hydrogen) atoms. The molecule has 0 saturated carbocycles. The van der Waals surface area contributed by atoms with Gasteiger partial charge in [0, 0.05) is 6.42 Å². The third kappa shape index (κ3) is 5.18. The standard InChI is InChI=1S/C12H15Cl5N3O3P3/c1-12(2)21-6-8(22-12)5-7-3-4-9(11(14)10(7)13)23-26-18-24-19(15)25(17)20(26)16/h3-4,8,18,24H,5-6H2,1-2H3. The molecule has 3 rings (SSSR count). The number of hydrogen-bond acceptors (Lipinski definition) is 6. The topological polar surface area (TPSA) is 46.2 Å². The fourth-order valence-corrected chi connectivity index (χ4v) is 9.59. The van der Waals surface area contributed by atoms with Gasteiger partial charge in [0.25, 0.3) is 8.45 Å². The first-order chi connectivity index (χ1) is 12.2. The lowest BCUT2D eigenvalue weighted by atomic mass is 10.1.